The van der Waals surface area contributed by atoms with E-state index in [0.717, 1.165) is 11.3 Å². The SMILES string of the molecule is O=C(N[C@@H](C(=O)N1CCN(C(=O)c2ccco2)CC1)S(=O)(=O)c1ccc(Cl)cc1)c1cccs1. The van der Waals surface area contributed by atoms with Crippen LogP contribution in [-0.4, -0.2) is 67.5 Å². The lowest BCUT2D eigenvalue weighted by Gasteiger charge is -2.36. The number of thiophene rings is 1. The van der Waals surface area contributed by atoms with Crippen molar-refractivity contribution in [3.05, 3.63) is 75.8 Å². The van der Waals surface area contributed by atoms with Crippen molar-refractivity contribution in [2.75, 3.05) is 26.2 Å². The molecular weight excluding hydrogens is 502 g/mol. The van der Waals surface area contributed by atoms with E-state index >= 15 is 0 Å². The van der Waals surface area contributed by atoms with Gasteiger partial charge in [0.05, 0.1) is 16.0 Å². The van der Waals surface area contributed by atoms with Crippen LogP contribution in [0.5, 0.6) is 0 Å². The molecule has 1 atom stereocenters. The second-order valence-electron chi connectivity index (χ2n) is 7.42. The van der Waals surface area contributed by atoms with Gasteiger partial charge in [0.25, 0.3) is 17.7 Å². The summed E-state index contributed by atoms with van der Waals surface area (Å²) in [6.45, 7) is 0.593. The highest BCUT2D eigenvalue weighted by Gasteiger charge is 2.40. The molecule has 4 rings (SSSR count). The van der Waals surface area contributed by atoms with Gasteiger partial charge < -0.3 is 19.5 Å². The summed E-state index contributed by atoms with van der Waals surface area (Å²) in [6.07, 6.45) is 1.40. The molecule has 1 N–H and O–H groups in total. The zero-order chi connectivity index (χ0) is 24.3. The molecule has 34 heavy (non-hydrogen) atoms. The predicted octanol–water partition coefficient (Wildman–Crippen LogP) is 2.51. The molecule has 3 amide bonds. The van der Waals surface area contributed by atoms with Gasteiger partial charge in [0, 0.05) is 31.2 Å². The van der Waals surface area contributed by atoms with Crippen molar-refractivity contribution in [1.29, 1.82) is 0 Å². The third-order valence-corrected chi connectivity index (χ3v) is 8.28. The fourth-order valence-electron chi connectivity index (χ4n) is 3.48. The van der Waals surface area contributed by atoms with Crippen LogP contribution in [0.15, 0.2) is 69.5 Å². The monoisotopic (exact) mass is 521 g/mol. The standard InChI is InChI=1S/C22H20ClN3O6S2/c23-15-5-7-16(8-6-15)34(30,31)20(24-19(27)18-4-2-14-33-18)22(29)26-11-9-25(10-12-26)21(28)17-3-1-13-32-17/h1-8,13-14,20H,9-12H2,(H,24,27)/t20-/m1/s1. The lowest BCUT2D eigenvalue weighted by atomic mass is 10.2. The third-order valence-electron chi connectivity index (χ3n) is 5.29. The lowest BCUT2D eigenvalue weighted by Crippen LogP contribution is -2.57. The molecule has 1 fully saturated rings. The molecule has 0 aliphatic carbocycles. The van der Waals surface area contributed by atoms with Crippen LogP contribution >= 0.6 is 22.9 Å². The zero-order valence-electron chi connectivity index (χ0n) is 17.7. The summed E-state index contributed by atoms with van der Waals surface area (Å²) in [6, 6.07) is 11.7. The minimum Gasteiger partial charge on any atom is -0.459 e. The van der Waals surface area contributed by atoms with Gasteiger partial charge in [-0.1, -0.05) is 17.7 Å². The Morgan fingerprint density at radius 3 is 2.24 bits per heavy atom. The number of carbonyl (C=O) groups excluding carboxylic acids is 3. The molecule has 12 heteroatoms. The molecule has 1 aliphatic rings. The summed E-state index contributed by atoms with van der Waals surface area (Å²) in [7, 11) is -4.29. The summed E-state index contributed by atoms with van der Waals surface area (Å²) in [4.78, 5) is 41.5. The van der Waals surface area contributed by atoms with Gasteiger partial charge in [0.2, 0.25) is 15.2 Å². The van der Waals surface area contributed by atoms with Gasteiger partial charge in [0.15, 0.2) is 5.76 Å². The molecule has 9 nitrogen and oxygen atoms in total. The summed E-state index contributed by atoms with van der Waals surface area (Å²) < 4.78 is 31.9. The van der Waals surface area contributed by atoms with Crippen LogP contribution in [0.2, 0.25) is 5.02 Å². The number of benzene rings is 1. The van der Waals surface area contributed by atoms with Crippen LogP contribution in [0.3, 0.4) is 0 Å². The Hall–Kier alpha value is -3.15. The average molecular weight is 522 g/mol. The number of hydrogen-bond donors (Lipinski definition) is 1. The number of carbonyl (C=O) groups is 3. The summed E-state index contributed by atoms with van der Waals surface area (Å²) >= 11 is 7.01. The highest BCUT2D eigenvalue weighted by Crippen LogP contribution is 2.21. The van der Waals surface area contributed by atoms with E-state index in [0.29, 0.717) is 5.02 Å². The Morgan fingerprint density at radius 2 is 1.65 bits per heavy atom. The maximum Gasteiger partial charge on any atom is 0.289 e. The number of nitrogens with zero attached hydrogens (tertiary/aromatic N) is 2. The number of furan rings is 1. The van der Waals surface area contributed by atoms with Gasteiger partial charge in [-0.05, 0) is 47.8 Å². The number of rotatable bonds is 6. The van der Waals surface area contributed by atoms with Crippen molar-refractivity contribution >= 4 is 50.5 Å². The first kappa shape index (κ1) is 24.0. The fourth-order valence-corrected chi connectivity index (χ4v) is 5.70. The Labute approximate surface area is 204 Å². The van der Waals surface area contributed by atoms with Crippen LogP contribution in [-0.2, 0) is 14.6 Å². The van der Waals surface area contributed by atoms with Crippen molar-refractivity contribution < 1.29 is 27.2 Å². The number of nitrogens with one attached hydrogen (secondary N) is 1. The van der Waals surface area contributed by atoms with Gasteiger partial charge in [-0.15, -0.1) is 11.3 Å². The summed E-state index contributed by atoms with van der Waals surface area (Å²) in [5.41, 5.74) is 0. The normalized spacial score (nSPS) is 15.1. The smallest absolute Gasteiger partial charge is 0.289 e. The molecule has 1 aromatic carbocycles. The third kappa shape index (κ3) is 5.01. The van der Waals surface area contributed by atoms with E-state index in [1.807, 2.05) is 0 Å². The maximum atomic E-state index is 13.4. The Balaban J connectivity index is 1.55. The topological polar surface area (TPSA) is 117 Å². The molecule has 2 aromatic heterocycles. The Morgan fingerprint density at radius 1 is 0.971 bits per heavy atom. The molecule has 0 saturated carbocycles. The van der Waals surface area contributed by atoms with Gasteiger partial charge in [-0.3, -0.25) is 14.4 Å². The molecular formula is C22H20ClN3O6S2. The average Bonchev–Trinajstić information content (AvgIpc) is 3.57. The molecule has 0 unspecified atom stereocenters. The second kappa shape index (κ2) is 10.00. The molecule has 0 bridgehead atoms. The van der Waals surface area contributed by atoms with E-state index in [9.17, 15) is 22.8 Å². The first-order valence-corrected chi connectivity index (χ1v) is 13.0. The van der Waals surface area contributed by atoms with Crippen LogP contribution < -0.4 is 5.32 Å². The van der Waals surface area contributed by atoms with E-state index in [1.54, 1.807) is 23.6 Å². The summed E-state index contributed by atoms with van der Waals surface area (Å²) in [5, 5.41) is 2.56. The van der Waals surface area contributed by atoms with Crippen molar-refractivity contribution in [3.8, 4) is 0 Å². The number of amides is 3. The minimum absolute atomic E-state index is 0.104. The first-order chi connectivity index (χ1) is 16.3. The highest BCUT2D eigenvalue weighted by molar-refractivity contribution is 7.92. The van der Waals surface area contributed by atoms with Crippen molar-refractivity contribution in [1.82, 2.24) is 15.1 Å². The second-order valence-corrected chi connectivity index (χ2v) is 10.8. The first-order valence-electron chi connectivity index (χ1n) is 10.2. The van der Waals surface area contributed by atoms with Crippen LogP contribution in [0.25, 0.3) is 0 Å². The van der Waals surface area contributed by atoms with E-state index < -0.39 is 27.0 Å². The van der Waals surface area contributed by atoms with Gasteiger partial charge in [-0.2, -0.15) is 0 Å². The van der Waals surface area contributed by atoms with Crippen molar-refractivity contribution in [2.45, 2.75) is 10.3 Å². The van der Waals surface area contributed by atoms with E-state index in [4.69, 9.17) is 16.0 Å². The van der Waals surface area contributed by atoms with E-state index in [2.05, 4.69) is 5.32 Å². The molecule has 3 aromatic rings. The number of piperazine rings is 1. The minimum atomic E-state index is -4.29. The Bertz CT molecular complexity index is 1270. The molecule has 1 aliphatic heterocycles. The zero-order valence-corrected chi connectivity index (χ0v) is 20.1. The highest BCUT2D eigenvalue weighted by atomic mass is 35.5. The molecule has 0 spiro atoms. The van der Waals surface area contributed by atoms with Crippen LogP contribution in [0, 0.1) is 0 Å². The number of halogens is 1. The largest absolute Gasteiger partial charge is 0.459 e. The van der Waals surface area contributed by atoms with E-state index in [-0.39, 0.29) is 47.6 Å². The van der Waals surface area contributed by atoms with Gasteiger partial charge in [-0.25, -0.2) is 8.42 Å². The van der Waals surface area contributed by atoms with Gasteiger partial charge >= 0.3 is 0 Å². The van der Waals surface area contributed by atoms with Crippen LogP contribution in [0.4, 0.5) is 0 Å². The lowest BCUT2D eigenvalue weighted by molar-refractivity contribution is -0.132. The Kier molecular flexibility index (Phi) is 7.05. The number of hydrogen-bond acceptors (Lipinski definition) is 7. The van der Waals surface area contributed by atoms with E-state index in [1.165, 1.54) is 46.4 Å². The molecule has 3 heterocycles. The molecule has 1 saturated heterocycles. The summed E-state index contributed by atoms with van der Waals surface area (Å²) in [5.74, 6) is -1.57. The van der Waals surface area contributed by atoms with Crippen molar-refractivity contribution in [3.63, 3.8) is 0 Å². The maximum absolute atomic E-state index is 13.4. The number of sulfone groups is 1. The fraction of sp³-hybridized carbons (Fsp3) is 0.227. The van der Waals surface area contributed by atoms with Gasteiger partial charge in [0.1, 0.15) is 0 Å². The van der Waals surface area contributed by atoms with Crippen molar-refractivity contribution in [2.24, 2.45) is 0 Å². The predicted molar refractivity (Wildman–Crippen MR) is 125 cm³/mol. The molecule has 0 radical (unpaired) electrons. The molecule has 178 valence electrons. The van der Waals surface area contributed by atoms with Crippen LogP contribution in [0.1, 0.15) is 20.2 Å². The quantitative estimate of drug-likeness (QED) is 0.532.